The van der Waals surface area contributed by atoms with Crippen LogP contribution in [0.4, 0.5) is 10.7 Å². The van der Waals surface area contributed by atoms with Crippen LogP contribution in [0.25, 0.3) is 0 Å². The second-order valence-electron chi connectivity index (χ2n) is 7.25. The van der Waals surface area contributed by atoms with Gasteiger partial charge in [0.05, 0.1) is 12.2 Å². The van der Waals surface area contributed by atoms with Crippen molar-refractivity contribution >= 4 is 45.3 Å². The van der Waals surface area contributed by atoms with Crippen LogP contribution in [-0.4, -0.2) is 17.7 Å². The lowest BCUT2D eigenvalue weighted by atomic mass is 10.1. The summed E-state index contributed by atoms with van der Waals surface area (Å²) >= 11 is 7.06. The van der Waals surface area contributed by atoms with Crippen LogP contribution in [0.2, 0.25) is 0 Å². The SMILES string of the molecule is CCOC(=O)c1cc(Cc2ccccc2)sc1NC(=S)Nc1ccc2c(c1)CCC2. The summed E-state index contributed by atoms with van der Waals surface area (Å²) in [7, 11) is 0. The molecule has 0 saturated carbocycles. The quantitative estimate of drug-likeness (QED) is 0.377. The minimum Gasteiger partial charge on any atom is -0.462 e. The van der Waals surface area contributed by atoms with Crippen LogP contribution in [0.15, 0.2) is 54.6 Å². The molecule has 0 saturated heterocycles. The lowest BCUT2D eigenvalue weighted by molar-refractivity contribution is 0.0528. The highest BCUT2D eigenvalue weighted by atomic mass is 32.1. The largest absolute Gasteiger partial charge is 0.462 e. The number of carbonyl (C=O) groups excluding carboxylic acids is 1. The van der Waals surface area contributed by atoms with Crippen LogP contribution >= 0.6 is 23.6 Å². The predicted octanol–water partition coefficient (Wildman–Crippen LogP) is 5.81. The van der Waals surface area contributed by atoms with Gasteiger partial charge in [0.2, 0.25) is 0 Å². The summed E-state index contributed by atoms with van der Waals surface area (Å²) in [6.07, 6.45) is 4.24. The lowest BCUT2D eigenvalue weighted by Gasteiger charge is -2.12. The van der Waals surface area contributed by atoms with Crippen molar-refractivity contribution in [1.82, 2.24) is 0 Å². The molecular formula is C24H24N2O2S2. The van der Waals surface area contributed by atoms with Gasteiger partial charge in [-0.1, -0.05) is 36.4 Å². The van der Waals surface area contributed by atoms with E-state index >= 15 is 0 Å². The van der Waals surface area contributed by atoms with Crippen LogP contribution in [0.3, 0.4) is 0 Å². The highest BCUT2D eigenvalue weighted by Crippen LogP contribution is 2.31. The van der Waals surface area contributed by atoms with Gasteiger partial charge in [0.25, 0.3) is 0 Å². The monoisotopic (exact) mass is 436 g/mol. The molecule has 3 aromatic rings. The van der Waals surface area contributed by atoms with E-state index in [1.807, 2.05) is 31.2 Å². The van der Waals surface area contributed by atoms with E-state index in [-0.39, 0.29) is 5.97 Å². The Labute approximate surface area is 186 Å². The first-order valence-corrected chi connectivity index (χ1v) is 11.4. The number of aryl methyl sites for hydroxylation is 2. The number of esters is 1. The normalized spacial score (nSPS) is 12.3. The van der Waals surface area contributed by atoms with Crippen molar-refractivity contribution in [2.75, 3.05) is 17.2 Å². The summed E-state index contributed by atoms with van der Waals surface area (Å²) in [4.78, 5) is 13.6. The molecular weight excluding hydrogens is 412 g/mol. The number of ether oxygens (including phenoxy) is 1. The summed E-state index contributed by atoms with van der Waals surface area (Å²) in [5.41, 5.74) is 5.49. The van der Waals surface area contributed by atoms with Crippen LogP contribution in [0, 0.1) is 0 Å². The van der Waals surface area contributed by atoms with Crippen molar-refractivity contribution < 1.29 is 9.53 Å². The third-order valence-electron chi connectivity index (χ3n) is 5.08. The Morgan fingerprint density at radius 1 is 1.07 bits per heavy atom. The van der Waals surface area contributed by atoms with Crippen molar-refractivity contribution in [3.63, 3.8) is 0 Å². The molecule has 0 unspecified atom stereocenters. The number of benzene rings is 2. The Morgan fingerprint density at radius 3 is 2.67 bits per heavy atom. The molecule has 2 aromatic carbocycles. The van der Waals surface area contributed by atoms with Gasteiger partial charge in [-0.05, 0) is 73.3 Å². The molecule has 4 nitrogen and oxygen atoms in total. The van der Waals surface area contributed by atoms with E-state index < -0.39 is 0 Å². The molecule has 0 radical (unpaired) electrons. The highest BCUT2D eigenvalue weighted by Gasteiger charge is 2.19. The van der Waals surface area contributed by atoms with E-state index in [0.29, 0.717) is 22.3 Å². The van der Waals surface area contributed by atoms with Crippen LogP contribution in [0.5, 0.6) is 0 Å². The molecule has 0 amide bonds. The van der Waals surface area contributed by atoms with E-state index in [2.05, 4.69) is 41.0 Å². The molecule has 0 atom stereocenters. The Bertz CT molecular complexity index is 1060. The van der Waals surface area contributed by atoms with Gasteiger partial charge in [-0.2, -0.15) is 0 Å². The van der Waals surface area contributed by atoms with Crippen LogP contribution in [0.1, 0.15) is 45.3 Å². The van der Waals surface area contributed by atoms with E-state index in [1.165, 1.54) is 34.4 Å². The van der Waals surface area contributed by atoms with Gasteiger partial charge in [-0.25, -0.2) is 4.79 Å². The lowest BCUT2D eigenvalue weighted by Crippen LogP contribution is -2.20. The topological polar surface area (TPSA) is 50.4 Å². The Kier molecular flexibility index (Phi) is 6.45. The molecule has 0 bridgehead atoms. The average Bonchev–Trinajstić information content (AvgIpc) is 3.35. The zero-order valence-corrected chi connectivity index (χ0v) is 18.5. The fourth-order valence-corrected chi connectivity index (χ4v) is 5.06. The molecule has 1 heterocycles. The zero-order valence-electron chi connectivity index (χ0n) is 16.9. The van der Waals surface area contributed by atoms with E-state index in [4.69, 9.17) is 17.0 Å². The number of anilines is 2. The maximum absolute atomic E-state index is 12.5. The number of hydrogen-bond donors (Lipinski definition) is 2. The van der Waals surface area contributed by atoms with Gasteiger partial charge >= 0.3 is 5.97 Å². The number of hydrogen-bond acceptors (Lipinski definition) is 4. The molecule has 30 heavy (non-hydrogen) atoms. The number of nitrogens with one attached hydrogen (secondary N) is 2. The highest BCUT2D eigenvalue weighted by molar-refractivity contribution is 7.80. The standard InChI is InChI=1S/C24H24N2O2S2/c1-2-28-23(27)21-15-20(13-16-7-4-3-5-8-16)30-22(21)26-24(29)25-19-12-11-17-9-6-10-18(17)14-19/h3-5,7-8,11-12,14-15H,2,6,9-10,13H2,1H3,(H2,25,26,29). The average molecular weight is 437 g/mol. The molecule has 1 aliphatic carbocycles. The minimum absolute atomic E-state index is 0.333. The molecule has 1 aromatic heterocycles. The van der Waals surface area contributed by atoms with Crippen molar-refractivity contribution in [2.24, 2.45) is 0 Å². The third kappa shape index (κ3) is 4.89. The van der Waals surface area contributed by atoms with Gasteiger partial charge in [0, 0.05) is 17.0 Å². The minimum atomic E-state index is -0.337. The van der Waals surface area contributed by atoms with Crippen LogP contribution < -0.4 is 10.6 Å². The Balaban J connectivity index is 1.51. The van der Waals surface area contributed by atoms with Crippen molar-refractivity contribution in [3.8, 4) is 0 Å². The molecule has 154 valence electrons. The molecule has 0 spiro atoms. The zero-order chi connectivity index (χ0) is 20.9. The summed E-state index contributed by atoms with van der Waals surface area (Å²) in [5.74, 6) is -0.337. The molecule has 1 aliphatic rings. The van der Waals surface area contributed by atoms with E-state index in [1.54, 1.807) is 0 Å². The van der Waals surface area contributed by atoms with Gasteiger partial charge in [0.15, 0.2) is 5.11 Å². The fraction of sp³-hybridized carbons (Fsp3) is 0.250. The number of fused-ring (bicyclic) bond motifs is 1. The number of thiocarbonyl (C=S) groups is 1. The Hall–Kier alpha value is -2.70. The molecule has 2 N–H and O–H groups in total. The molecule has 0 aliphatic heterocycles. The second kappa shape index (κ2) is 9.41. The smallest absolute Gasteiger partial charge is 0.341 e. The predicted molar refractivity (Wildman–Crippen MR) is 128 cm³/mol. The first-order chi connectivity index (χ1) is 14.6. The maximum Gasteiger partial charge on any atom is 0.341 e. The molecule has 4 rings (SSSR count). The van der Waals surface area contributed by atoms with Gasteiger partial charge in [-0.15, -0.1) is 11.3 Å². The molecule has 6 heteroatoms. The summed E-state index contributed by atoms with van der Waals surface area (Å²) in [5, 5.41) is 7.63. The van der Waals surface area contributed by atoms with Gasteiger partial charge in [0.1, 0.15) is 5.00 Å². The second-order valence-corrected chi connectivity index (χ2v) is 8.80. The number of thiophene rings is 1. The van der Waals surface area contributed by atoms with E-state index in [9.17, 15) is 4.79 Å². The number of rotatable bonds is 6. The van der Waals surface area contributed by atoms with Crippen molar-refractivity contribution in [3.05, 3.63) is 81.7 Å². The summed E-state index contributed by atoms with van der Waals surface area (Å²) in [6, 6.07) is 18.5. The van der Waals surface area contributed by atoms with E-state index in [0.717, 1.165) is 29.8 Å². The van der Waals surface area contributed by atoms with Gasteiger partial charge < -0.3 is 15.4 Å². The first-order valence-electron chi connectivity index (χ1n) is 10.2. The third-order valence-corrected chi connectivity index (χ3v) is 6.34. The number of carbonyl (C=O) groups is 1. The Morgan fingerprint density at radius 2 is 1.87 bits per heavy atom. The first kappa shape index (κ1) is 20.6. The van der Waals surface area contributed by atoms with Crippen molar-refractivity contribution in [1.29, 1.82) is 0 Å². The van der Waals surface area contributed by atoms with Crippen molar-refractivity contribution in [2.45, 2.75) is 32.6 Å². The summed E-state index contributed by atoms with van der Waals surface area (Å²) < 4.78 is 5.25. The fourth-order valence-electron chi connectivity index (χ4n) is 3.69. The summed E-state index contributed by atoms with van der Waals surface area (Å²) in [6.45, 7) is 2.14. The maximum atomic E-state index is 12.5. The molecule has 0 fully saturated rings. The van der Waals surface area contributed by atoms with Gasteiger partial charge in [-0.3, -0.25) is 0 Å². The van der Waals surface area contributed by atoms with Crippen LogP contribution in [-0.2, 0) is 24.0 Å².